The van der Waals surface area contributed by atoms with E-state index in [4.69, 9.17) is 5.73 Å². The summed E-state index contributed by atoms with van der Waals surface area (Å²) in [6.45, 7) is 5.62. The van der Waals surface area contributed by atoms with Crippen LogP contribution in [0, 0.1) is 5.41 Å². The predicted octanol–water partition coefficient (Wildman–Crippen LogP) is 3.31. The molecule has 0 radical (unpaired) electrons. The van der Waals surface area contributed by atoms with Crippen molar-refractivity contribution in [2.45, 2.75) is 37.5 Å². The van der Waals surface area contributed by atoms with Crippen molar-refractivity contribution in [1.82, 2.24) is 0 Å². The summed E-state index contributed by atoms with van der Waals surface area (Å²) < 4.78 is 24.3. The maximum absolute atomic E-state index is 12.1. The van der Waals surface area contributed by atoms with Crippen molar-refractivity contribution in [3.05, 3.63) is 24.3 Å². The van der Waals surface area contributed by atoms with Crippen LogP contribution < -0.4 is 11.1 Å². The number of nitrogens with one attached hydrogen (secondary N) is 1. The number of anilines is 1. The Balaban J connectivity index is 2.65. The highest BCUT2D eigenvalue weighted by atomic mass is 32.2. The third-order valence-electron chi connectivity index (χ3n) is 2.56. The molecule has 3 N–H and O–H groups in total. The van der Waals surface area contributed by atoms with Gasteiger partial charge in [0.25, 0.3) is 5.76 Å². The molecule has 1 amide bonds. The van der Waals surface area contributed by atoms with E-state index in [0.717, 1.165) is 0 Å². The van der Waals surface area contributed by atoms with E-state index in [1.54, 1.807) is 12.1 Å². The lowest BCUT2D eigenvalue weighted by atomic mass is 9.87. The van der Waals surface area contributed by atoms with Crippen molar-refractivity contribution in [3.63, 3.8) is 0 Å². The number of carbonyl (C=O) groups is 1. The van der Waals surface area contributed by atoms with E-state index in [2.05, 4.69) is 5.32 Å². The number of benzene rings is 1. The van der Waals surface area contributed by atoms with Crippen molar-refractivity contribution in [1.29, 1.82) is 0 Å². The largest absolute Gasteiger partial charge is 0.325 e. The molecule has 0 unspecified atom stereocenters. The molecule has 1 atom stereocenters. The molecule has 0 saturated carbocycles. The van der Waals surface area contributed by atoms with E-state index >= 15 is 0 Å². The molecule has 0 saturated heterocycles. The molecule has 0 aliphatic rings. The fourth-order valence-electron chi connectivity index (χ4n) is 1.33. The molecule has 1 rings (SSSR count). The van der Waals surface area contributed by atoms with Gasteiger partial charge in [-0.2, -0.15) is 8.78 Å². The highest BCUT2D eigenvalue weighted by molar-refractivity contribution is 7.99. The molecule has 3 nitrogen and oxygen atoms in total. The van der Waals surface area contributed by atoms with E-state index < -0.39 is 11.8 Å². The summed E-state index contributed by atoms with van der Waals surface area (Å²) in [6.07, 6.45) is 0. The molecule has 1 aromatic carbocycles. The fourth-order valence-corrected chi connectivity index (χ4v) is 1.83. The number of hydrogen-bond acceptors (Lipinski definition) is 3. The van der Waals surface area contributed by atoms with E-state index in [0.29, 0.717) is 22.3 Å². The predicted molar refractivity (Wildman–Crippen MR) is 74.4 cm³/mol. The average Bonchev–Trinajstić information content (AvgIpc) is 2.28. The highest BCUT2D eigenvalue weighted by Gasteiger charge is 2.27. The molecule has 0 fully saturated rings. The minimum atomic E-state index is -2.45. The van der Waals surface area contributed by atoms with E-state index in [-0.39, 0.29) is 11.3 Å². The van der Waals surface area contributed by atoms with Gasteiger partial charge in [-0.05, 0) is 29.7 Å². The van der Waals surface area contributed by atoms with E-state index in [1.165, 1.54) is 12.1 Å². The number of thioether (sulfide) groups is 1. The standard InChI is InChI=1S/C13H18F2N2OS/c1-13(2,3)10(16)11(18)17-8-4-6-9(7-5-8)19-12(14)15/h4-7,10,12H,16H2,1-3H3,(H,17,18)/t10-/m1/s1. The Morgan fingerprint density at radius 1 is 1.26 bits per heavy atom. The van der Waals surface area contributed by atoms with Gasteiger partial charge >= 0.3 is 0 Å². The SMILES string of the molecule is CC(C)(C)[C@H](N)C(=O)Nc1ccc(SC(F)F)cc1. The molecule has 106 valence electrons. The Hall–Kier alpha value is -1.14. The molecule has 0 spiro atoms. The lowest BCUT2D eigenvalue weighted by Gasteiger charge is -2.25. The second-order valence-corrected chi connectivity index (χ2v) is 6.30. The molecule has 1 aromatic rings. The molecule has 0 aliphatic heterocycles. The van der Waals surface area contributed by atoms with Gasteiger partial charge in [0.15, 0.2) is 0 Å². The zero-order chi connectivity index (χ0) is 14.6. The minimum Gasteiger partial charge on any atom is -0.325 e. The molecule has 0 bridgehead atoms. The van der Waals surface area contributed by atoms with Gasteiger partial charge < -0.3 is 11.1 Å². The van der Waals surface area contributed by atoms with Crippen molar-refractivity contribution < 1.29 is 13.6 Å². The number of halogens is 2. The van der Waals surface area contributed by atoms with Crippen LogP contribution in [0.15, 0.2) is 29.2 Å². The summed E-state index contributed by atoms with van der Waals surface area (Å²) in [5.41, 5.74) is 6.03. The number of nitrogens with two attached hydrogens (primary N) is 1. The molecule has 19 heavy (non-hydrogen) atoms. The van der Waals surface area contributed by atoms with Gasteiger partial charge in [0, 0.05) is 10.6 Å². The molecule has 0 heterocycles. The zero-order valence-corrected chi connectivity index (χ0v) is 11.9. The normalized spacial score (nSPS) is 13.4. The molecular weight excluding hydrogens is 270 g/mol. The second kappa shape index (κ2) is 6.34. The van der Waals surface area contributed by atoms with Crippen LogP contribution in [0.2, 0.25) is 0 Å². The van der Waals surface area contributed by atoms with Gasteiger partial charge in [-0.25, -0.2) is 0 Å². The first kappa shape index (κ1) is 15.9. The summed E-state index contributed by atoms with van der Waals surface area (Å²) in [4.78, 5) is 12.3. The second-order valence-electron chi connectivity index (χ2n) is 5.24. The van der Waals surface area contributed by atoms with E-state index in [9.17, 15) is 13.6 Å². The number of carbonyl (C=O) groups excluding carboxylic acids is 1. The maximum atomic E-state index is 12.1. The first-order chi connectivity index (χ1) is 8.70. The van der Waals surface area contributed by atoms with Gasteiger partial charge in [-0.3, -0.25) is 4.79 Å². The van der Waals surface area contributed by atoms with Gasteiger partial charge in [-0.1, -0.05) is 32.5 Å². The number of hydrogen-bond donors (Lipinski definition) is 2. The van der Waals surface area contributed by atoms with Crippen LogP contribution in [0.5, 0.6) is 0 Å². The average molecular weight is 288 g/mol. The third kappa shape index (κ3) is 5.16. The maximum Gasteiger partial charge on any atom is 0.288 e. The molecular formula is C13H18F2N2OS. The topological polar surface area (TPSA) is 55.1 Å². The summed E-state index contributed by atoms with van der Waals surface area (Å²) in [7, 11) is 0. The van der Waals surface area contributed by atoms with Gasteiger partial charge in [0.2, 0.25) is 5.91 Å². The smallest absolute Gasteiger partial charge is 0.288 e. The Bertz CT molecular complexity index is 429. The lowest BCUT2D eigenvalue weighted by Crippen LogP contribution is -2.45. The molecule has 0 aromatic heterocycles. The number of alkyl halides is 2. The van der Waals surface area contributed by atoms with Crippen molar-refractivity contribution in [2.75, 3.05) is 5.32 Å². The third-order valence-corrected chi connectivity index (χ3v) is 3.29. The van der Waals surface area contributed by atoms with Crippen LogP contribution in [-0.2, 0) is 4.79 Å². The van der Waals surface area contributed by atoms with Crippen LogP contribution in [0.4, 0.5) is 14.5 Å². The Kier molecular flexibility index (Phi) is 5.31. The van der Waals surface area contributed by atoms with Crippen LogP contribution in [0.25, 0.3) is 0 Å². The monoisotopic (exact) mass is 288 g/mol. The highest BCUT2D eigenvalue weighted by Crippen LogP contribution is 2.26. The zero-order valence-electron chi connectivity index (χ0n) is 11.1. The Morgan fingerprint density at radius 2 is 1.79 bits per heavy atom. The minimum absolute atomic E-state index is 0.290. The van der Waals surface area contributed by atoms with E-state index in [1.807, 2.05) is 20.8 Å². The first-order valence-electron chi connectivity index (χ1n) is 5.81. The summed E-state index contributed by atoms with van der Waals surface area (Å²) in [5, 5.41) is 2.67. The quantitative estimate of drug-likeness (QED) is 0.836. The molecule has 0 aliphatic carbocycles. The van der Waals surface area contributed by atoms with Crippen LogP contribution >= 0.6 is 11.8 Å². The Labute approximate surface area is 115 Å². The number of amides is 1. The van der Waals surface area contributed by atoms with Gasteiger partial charge in [-0.15, -0.1) is 0 Å². The van der Waals surface area contributed by atoms with Crippen LogP contribution in [-0.4, -0.2) is 17.7 Å². The lowest BCUT2D eigenvalue weighted by molar-refractivity contribution is -0.119. The first-order valence-corrected chi connectivity index (χ1v) is 6.69. The summed E-state index contributed by atoms with van der Waals surface area (Å²) in [6, 6.07) is 5.60. The van der Waals surface area contributed by atoms with Crippen LogP contribution in [0.1, 0.15) is 20.8 Å². The van der Waals surface area contributed by atoms with Crippen LogP contribution in [0.3, 0.4) is 0 Å². The molecule has 6 heteroatoms. The van der Waals surface area contributed by atoms with Crippen molar-refractivity contribution in [3.8, 4) is 0 Å². The van der Waals surface area contributed by atoms with Crippen molar-refractivity contribution in [2.24, 2.45) is 11.1 Å². The van der Waals surface area contributed by atoms with Crippen molar-refractivity contribution >= 4 is 23.4 Å². The van der Waals surface area contributed by atoms with Gasteiger partial charge in [0.05, 0.1) is 6.04 Å². The fraction of sp³-hybridized carbons (Fsp3) is 0.462. The summed E-state index contributed by atoms with van der Waals surface area (Å²) >= 11 is 0.466. The van der Waals surface area contributed by atoms with Gasteiger partial charge in [0.1, 0.15) is 0 Å². The number of rotatable bonds is 4. The Morgan fingerprint density at radius 3 is 2.21 bits per heavy atom. The summed E-state index contributed by atoms with van der Waals surface area (Å²) in [5.74, 6) is -2.74.